The molecular weight excluding hydrogens is 311 g/mol. The van der Waals surface area contributed by atoms with Crippen molar-refractivity contribution in [2.45, 2.75) is 6.54 Å². The smallest absolute Gasteiger partial charge is 0.257 e. The molecule has 6 heteroatoms. The van der Waals surface area contributed by atoms with Crippen molar-refractivity contribution in [2.75, 3.05) is 20.7 Å². The van der Waals surface area contributed by atoms with Crippen LogP contribution >= 0.6 is 0 Å². The second-order valence-corrected chi connectivity index (χ2v) is 5.40. The molecule has 2 aromatic carbocycles. The summed E-state index contributed by atoms with van der Waals surface area (Å²) in [6.45, 7) is 0.531. The fourth-order valence-corrected chi connectivity index (χ4v) is 2.18. The Morgan fingerprint density at radius 1 is 1.08 bits per heavy atom. The van der Waals surface area contributed by atoms with Crippen LogP contribution < -0.4 is 10.1 Å². The third-order valence-corrected chi connectivity index (χ3v) is 3.38. The van der Waals surface area contributed by atoms with Crippen LogP contribution in [0.3, 0.4) is 0 Å². The van der Waals surface area contributed by atoms with E-state index in [1.54, 1.807) is 48.3 Å². The largest absolute Gasteiger partial charge is 0.497 e. The van der Waals surface area contributed by atoms with Crippen molar-refractivity contribution >= 4 is 11.8 Å². The highest BCUT2D eigenvalue weighted by atomic mass is 19.1. The predicted molar refractivity (Wildman–Crippen MR) is 88.2 cm³/mol. The maximum Gasteiger partial charge on any atom is 0.257 e. The molecule has 0 bridgehead atoms. The molecule has 0 radical (unpaired) electrons. The van der Waals surface area contributed by atoms with Gasteiger partial charge in [0.15, 0.2) is 0 Å². The first-order chi connectivity index (χ1) is 11.5. The van der Waals surface area contributed by atoms with Gasteiger partial charge in [-0.2, -0.15) is 0 Å². The number of rotatable bonds is 6. The summed E-state index contributed by atoms with van der Waals surface area (Å²) >= 11 is 0. The van der Waals surface area contributed by atoms with Gasteiger partial charge in [0.2, 0.25) is 5.91 Å². The molecule has 0 aliphatic carbocycles. The zero-order valence-electron chi connectivity index (χ0n) is 13.6. The van der Waals surface area contributed by atoms with Crippen LogP contribution in [0.4, 0.5) is 4.39 Å². The monoisotopic (exact) mass is 330 g/mol. The van der Waals surface area contributed by atoms with Crippen molar-refractivity contribution in [3.8, 4) is 5.75 Å². The van der Waals surface area contributed by atoms with Gasteiger partial charge in [0.1, 0.15) is 11.6 Å². The lowest BCUT2D eigenvalue weighted by atomic mass is 10.2. The summed E-state index contributed by atoms with van der Waals surface area (Å²) in [6.07, 6.45) is 0. The minimum Gasteiger partial charge on any atom is -0.497 e. The highest BCUT2D eigenvalue weighted by molar-refractivity contribution is 6.05. The van der Waals surface area contributed by atoms with Crippen LogP contribution in [0.2, 0.25) is 0 Å². The van der Waals surface area contributed by atoms with Crippen LogP contribution in [0.25, 0.3) is 0 Å². The summed E-state index contributed by atoms with van der Waals surface area (Å²) in [5.74, 6) is -0.528. The SMILES string of the molecule is COc1ccc(C(=O)NC(=O)CN(C)Cc2ccc(F)cc2)cc1. The summed E-state index contributed by atoms with van der Waals surface area (Å²) in [5.41, 5.74) is 1.26. The molecule has 0 fully saturated rings. The van der Waals surface area contributed by atoms with Gasteiger partial charge >= 0.3 is 0 Å². The van der Waals surface area contributed by atoms with Crippen molar-refractivity contribution in [1.82, 2.24) is 10.2 Å². The molecule has 2 aromatic rings. The Morgan fingerprint density at radius 2 is 1.71 bits per heavy atom. The first-order valence-electron chi connectivity index (χ1n) is 7.39. The third-order valence-electron chi connectivity index (χ3n) is 3.38. The Bertz CT molecular complexity index is 699. The highest BCUT2D eigenvalue weighted by Crippen LogP contribution is 2.11. The first-order valence-corrected chi connectivity index (χ1v) is 7.39. The molecule has 2 amide bonds. The molecule has 5 nitrogen and oxygen atoms in total. The van der Waals surface area contributed by atoms with Crippen molar-refractivity contribution in [3.63, 3.8) is 0 Å². The standard InChI is InChI=1S/C18H19FN2O3/c1-21(11-13-3-7-15(19)8-4-13)12-17(22)20-18(23)14-5-9-16(24-2)10-6-14/h3-10H,11-12H2,1-2H3,(H,20,22,23). The number of ether oxygens (including phenoxy) is 1. The molecule has 126 valence electrons. The number of nitrogens with one attached hydrogen (secondary N) is 1. The molecule has 0 unspecified atom stereocenters. The summed E-state index contributed by atoms with van der Waals surface area (Å²) in [4.78, 5) is 25.7. The van der Waals surface area contributed by atoms with Crippen LogP contribution in [-0.2, 0) is 11.3 Å². The number of likely N-dealkylation sites (N-methyl/N-ethyl adjacent to an activating group) is 1. The quantitative estimate of drug-likeness (QED) is 0.882. The van der Waals surface area contributed by atoms with Gasteiger partial charge in [-0.15, -0.1) is 0 Å². The van der Waals surface area contributed by atoms with Crippen LogP contribution in [0, 0.1) is 5.82 Å². The van der Waals surface area contributed by atoms with Crippen LogP contribution in [0.5, 0.6) is 5.75 Å². The molecule has 0 aliphatic heterocycles. The summed E-state index contributed by atoms with van der Waals surface area (Å²) < 4.78 is 17.9. The van der Waals surface area contributed by atoms with Gasteiger partial charge < -0.3 is 4.74 Å². The van der Waals surface area contributed by atoms with Crippen LogP contribution in [0.15, 0.2) is 48.5 Å². The average Bonchev–Trinajstić information content (AvgIpc) is 2.56. The lowest BCUT2D eigenvalue weighted by molar-refractivity contribution is -0.121. The van der Waals surface area contributed by atoms with Gasteiger partial charge in [-0.05, 0) is 49.0 Å². The van der Waals surface area contributed by atoms with Crippen molar-refractivity contribution < 1.29 is 18.7 Å². The highest BCUT2D eigenvalue weighted by Gasteiger charge is 2.12. The molecule has 1 N–H and O–H groups in total. The fraction of sp³-hybridized carbons (Fsp3) is 0.222. The van der Waals surface area contributed by atoms with E-state index in [4.69, 9.17) is 4.74 Å². The number of nitrogens with zero attached hydrogens (tertiary/aromatic N) is 1. The number of carbonyl (C=O) groups is 2. The van der Waals surface area contributed by atoms with Gasteiger partial charge in [-0.3, -0.25) is 19.8 Å². The molecule has 2 rings (SSSR count). The molecule has 0 heterocycles. The van der Waals surface area contributed by atoms with E-state index in [2.05, 4.69) is 5.32 Å². The lowest BCUT2D eigenvalue weighted by Gasteiger charge is -2.16. The zero-order valence-corrected chi connectivity index (χ0v) is 13.6. The molecule has 0 saturated heterocycles. The van der Waals surface area contributed by atoms with Gasteiger partial charge in [0, 0.05) is 12.1 Å². The zero-order chi connectivity index (χ0) is 17.5. The van der Waals surface area contributed by atoms with Gasteiger partial charge in [-0.25, -0.2) is 4.39 Å². The van der Waals surface area contributed by atoms with E-state index in [0.29, 0.717) is 17.9 Å². The van der Waals surface area contributed by atoms with Crippen molar-refractivity contribution in [1.29, 1.82) is 0 Å². The molecule has 0 atom stereocenters. The van der Waals surface area contributed by atoms with E-state index in [1.807, 2.05) is 0 Å². The summed E-state index contributed by atoms with van der Waals surface area (Å²) in [6, 6.07) is 12.5. The predicted octanol–water partition coefficient (Wildman–Crippen LogP) is 2.22. The van der Waals surface area contributed by atoms with E-state index >= 15 is 0 Å². The maximum absolute atomic E-state index is 12.9. The second-order valence-electron chi connectivity index (χ2n) is 5.40. The minimum atomic E-state index is -0.460. The number of carbonyl (C=O) groups excluding carboxylic acids is 2. The molecule has 0 aliphatic rings. The average molecular weight is 330 g/mol. The normalized spacial score (nSPS) is 10.5. The Morgan fingerprint density at radius 3 is 2.29 bits per heavy atom. The number of hydrogen-bond donors (Lipinski definition) is 1. The Kier molecular flexibility index (Phi) is 6.03. The minimum absolute atomic E-state index is 0.0548. The van der Waals surface area contributed by atoms with Crippen molar-refractivity contribution in [2.24, 2.45) is 0 Å². The molecule has 0 saturated carbocycles. The molecule has 0 spiro atoms. The lowest BCUT2D eigenvalue weighted by Crippen LogP contribution is -2.38. The van der Waals surface area contributed by atoms with E-state index in [9.17, 15) is 14.0 Å². The first kappa shape index (κ1) is 17.6. The number of methoxy groups -OCH3 is 1. The summed E-state index contributed by atoms with van der Waals surface area (Å²) in [5, 5.41) is 2.34. The number of hydrogen-bond acceptors (Lipinski definition) is 4. The van der Waals surface area contributed by atoms with Crippen LogP contribution in [0.1, 0.15) is 15.9 Å². The van der Waals surface area contributed by atoms with E-state index in [1.165, 1.54) is 19.2 Å². The van der Waals surface area contributed by atoms with Gasteiger partial charge in [0.25, 0.3) is 5.91 Å². The third kappa shape index (κ3) is 5.17. The molecular formula is C18H19FN2O3. The number of imide groups is 1. The van der Waals surface area contributed by atoms with Crippen molar-refractivity contribution in [3.05, 3.63) is 65.5 Å². The number of benzene rings is 2. The Labute approximate surface area is 140 Å². The summed E-state index contributed by atoms with van der Waals surface area (Å²) in [7, 11) is 3.29. The van der Waals surface area contributed by atoms with E-state index in [0.717, 1.165) is 5.56 Å². The maximum atomic E-state index is 12.9. The van der Waals surface area contributed by atoms with Gasteiger partial charge in [0.05, 0.1) is 13.7 Å². The number of halogens is 1. The fourth-order valence-electron chi connectivity index (χ4n) is 2.18. The molecule has 0 aromatic heterocycles. The van der Waals surface area contributed by atoms with Crippen LogP contribution in [-0.4, -0.2) is 37.4 Å². The Hall–Kier alpha value is -2.73. The van der Waals surface area contributed by atoms with E-state index in [-0.39, 0.29) is 12.4 Å². The van der Waals surface area contributed by atoms with Gasteiger partial charge in [-0.1, -0.05) is 12.1 Å². The Balaban J connectivity index is 1.84. The molecule has 24 heavy (non-hydrogen) atoms. The topological polar surface area (TPSA) is 58.6 Å². The second kappa shape index (κ2) is 8.21. The number of amides is 2. The van der Waals surface area contributed by atoms with E-state index < -0.39 is 11.8 Å².